The number of piperidine rings is 1. The Bertz CT molecular complexity index is 750. The van der Waals surface area contributed by atoms with Crippen molar-refractivity contribution in [3.05, 3.63) is 47.2 Å². The lowest BCUT2D eigenvalue weighted by atomic mass is 9.96. The summed E-state index contributed by atoms with van der Waals surface area (Å²) in [6.07, 6.45) is 1.64. The fourth-order valence-corrected chi connectivity index (χ4v) is 2.84. The number of carbonyl (C=O) groups is 1. The van der Waals surface area contributed by atoms with E-state index < -0.39 is 0 Å². The average molecular weight is 324 g/mol. The van der Waals surface area contributed by atoms with Crippen LogP contribution in [-0.4, -0.2) is 34.1 Å². The number of rotatable bonds is 3. The fraction of sp³-hybridized carbons (Fsp3) is 0.444. The Balaban J connectivity index is 1.61. The summed E-state index contributed by atoms with van der Waals surface area (Å²) in [5.74, 6) is 1.80. The third kappa shape index (κ3) is 3.30. The molecular weight excluding hydrogens is 304 g/mol. The number of benzene rings is 1. The Morgan fingerprint density at radius 2 is 1.92 bits per heavy atom. The van der Waals surface area contributed by atoms with Gasteiger partial charge in [0, 0.05) is 30.5 Å². The molecule has 1 aliphatic heterocycles. The molecule has 1 saturated heterocycles. The Kier molecular flexibility index (Phi) is 4.61. The highest BCUT2D eigenvalue weighted by Crippen LogP contribution is 2.28. The highest BCUT2D eigenvalue weighted by atomic mass is 16.4. The van der Waals surface area contributed by atoms with Crippen molar-refractivity contribution in [3.8, 4) is 6.07 Å². The Morgan fingerprint density at radius 1 is 1.25 bits per heavy atom. The Hall–Kier alpha value is -2.68. The quantitative estimate of drug-likeness (QED) is 0.866. The number of aromatic nitrogens is 2. The van der Waals surface area contributed by atoms with E-state index in [0.29, 0.717) is 36.0 Å². The molecule has 6 heteroatoms. The molecule has 1 aliphatic rings. The number of carbonyl (C=O) groups excluding carboxylic acids is 1. The maximum atomic E-state index is 12.5. The maximum absolute atomic E-state index is 12.5. The molecule has 1 aromatic carbocycles. The van der Waals surface area contributed by atoms with E-state index in [9.17, 15) is 4.79 Å². The lowest BCUT2D eigenvalue weighted by molar-refractivity contribution is 0.0706. The van der Waals surface area contributed by atoms with Crippen molar-refractivity contribution in [1.29, 1.82) is 5.26 Å². The molecule has 1 aromatic heterocycles. The van der Waals surface area contributed by atoms with E-state index in [4.69, 9.17) is 9.68 Å². The van der Waals surface area contributed by atoms with Crippen LogP contribution >= 0.6 is 0 Å². The normalized spacial score (nSPS) is 15.5. The van der Waals surface area contributed by atoms with E-state index in [1.807, 2.05) is 18.7 Å². The van der Waals surface area contributed by atoms with Crippen LogP contribution in [0.5, 0.6) is 0 Å². The van der Waals surface area contributed by atoms with Crippen molar-refractivity contribution in [3.63, 3.8) is 0 Å². The number of hydrogen-bond donors (Lipinski definition) is 0. The second kappa shape index (κ2) is 6.83. The van der Waals surface area contributed by atoms with Gasteiger partial charge >= 0.3 is 0 Å². The van der Waals surface area contributed by atoms with Crippen LogP contribution in [0.15, 0.2) is 28.7 Å². The van der Waals surface area contributed by atoms with Gasteiger partial charge in [-0.25, -0.2) is 0 Å². The molecule has 0 N–H and O–H groups in total. The first-order valence-electron chi connectivity index (χ1n) is 8.21. The van der Waals surface area contributed by atoms with Gasteiger partial charge < -0.3 is 9.32 Å². The molecule has 0 saturated carbocycles. The molecule has 124 valence electrons. The maximum Gasteiger partial charge on any atom is 0.253 e. The monoisotopic (exact) mass is 324 g/mol. The van der Waals surface area contributed by atoms with Crippen LogP contribution in [-0.2, 0) is 0 Å². The van der Waals surface area contributed by atoms with Gasteiger partial charge in [0.25, 0.3) is 5.91 Å². The van der Waals surface area contributed by atoms with Gasteiger partial charge in [-0.05, 0) is 37.1 Å². The molecule has 24 heavy (non-hydrogen) atoms. The van der Waals surface area contributed by atoms with Gasteiger partial charge in [0.2, 0.25) is 11.8 Å². The first-order chi connectivity index (χ1) is 11.6. The average Bonchev–Trinajstić information content (AvgIpc) is 3.12. The van der Waals surface area contributed by atoms with Crippen LogP contribution in [0, 0.1) is 11.3 Å². The zero-order valence-electron chi connectivity index (χ0n) is 13.9. The van der Waals surface area contributed by atoms with Crippen LogP contribution in [0.1, 0.15) is 66.2 Å². The molecule has 2 aromatic rings. The summed E-state index contributed by atoms with van der Waals surface area (Å²) in [7, 11) is 0. The van der Waals surface area contributed by atoms with Crippen molar-refractivity contribution in [2.75, 3.05) is 13.1 Å². The molecule has 0 spiro atoms. The number of hydrogen-bond acceptors (Lipinski definition) is 5. The molecule has 1 fully saturated rings. The van der Waals surface area contributed by atoms with Crippen LogP contribution in [0.25, 0.3) is 0 Å². The molecule has 0 radical (unpaired) electrons. The molecule has 0 bridgehead atoms. The Labute approximate surface area is 141 Å². The summed E-state index contributed by atoms with van der Waals surface area (Å²) in [5.41, 5.74) is 1.18. The number of likely N-dealkylation sites (tertiary alicyclic amines) is 1. The molecule has 6 nitrogen and oxygen atoms in total. The van der Waals surface area contributed by atoms with Gasteiger partial charge in [-0.1, -0.05) is 13.8 Å². The fourth-order valence-electron chi connectivity index (χ4n) is 2.84. The van der Waals surface area contributed by atoms with E-state index in [0.717, 1.165) is 12.8 Å². The third-order valence-electron chi connectivity index (χ3n) is 4.34. The second-order valence-corrected chi connectivity index (χ2v) is 6.39. The van der Waals surface area contributed by atoms with Crippen LogP contribution in [0.3, 0.4) is 0 Å². The summed E-state index contributed by atoms with van der Waals surface area (Å²) in [6.45, 7) is 5.39. The zero-order chi connectivity index (χ0) is 17.1. The summed E-state index contributed by atoms with van der Waals surface area (Å²) in [5, 5.41) is 17.1. The first-order valence-corrected chi connectivity index (χ1v) is 8.21. The van der Waals surface area contributed by atoms with Crippen molar-refractivity contribution >= 4 is 5.91 Å². The van der Waals surface area contributed by atoms with Crippen LogP contribution in [0.4, 0.5) is 0 Å². The summed E-state index contributed by atoms with van der Waals surface area (Å²) in [4.78, 5) is 14.4. The summed E-state index contributed by atoms with van der Waals surface area (Å²) < 4.78 is 5.73. The minimum atomic E-state index is 0.00587. The highest BCUT2D eigenvalue weighted by molar-refractivity contribution is 5.94. The molecule has 2 heterocycles. The van der Waals surface area contributed by atoms with Gasteiger partial charge in [-0.2, -0.15) is 5.26 Å². The molecular formula is C18H20N4O2. The molecule has 0 aliphatic carbocycles. The van der Waals surface area contributed by atoms with Crippen molar-refractivity contribution in [2.45, 2.75) is 38.5 Å². The topological polar surface area (TPSA) is 83.0 Å². The smallest absolute Gasteiger partial charge is 0.253 e. The van der Waals surface area contributed by atoms with Gasteiger partial charge in [0.1, 0.15) is 0 Å². The summed E-state index contributed by atoms with van der Waals surface area (Å²) in [6, 6.07) is 8.82. The van der Waals surface area contributed by atoms with Gasteiger partial charge in [0.05, 0.1) is 11.6 Å². The van der Waals surface area contributed by atoms with E-state index in [1.54, 1.807) is 24.3 Å². The number of nitrogens with zero attached hydrogens (tertiary/aromatic N) is 4. The molecule has 0 unspecified atom stereocenters. The van der Waals surface area contributed by atoms with E-state index >= 15 is 0 Å². The summed E-state index contributed by atoms with van der Waals surface area (Å²) >= 11 is 0. The van der Waals surface area contributed by atoms with E-state index in [-0.39, 0.29) is 17.7 Å². The minimum absolute atomic E-state index is 0.00587. The van der Waals surface area contributed by atoms with Crippen molar-refractivity contribution < 1.29 is 9.21 Å². The highest BCUT2D eigenvalue weighted by Gasteiger charge is 2.28. The van der Waals surface area contributed by atoms with Gasteiger partial charge in [-0.3, -0.25) is 4.79 Å². The number of amides is 1. The lowest BCUT2D eigenvalue weighted by Crippen LogP contribution is -2.38. The zero-order valence-corrected chi connectivity index (χ0v) is 13.9. The molecule has 0 atom stereocenters. The SMILES string of the molecule is CC(C)c1nnc(C2CCN(C(=O)c3ccc(C#N)cc3)CC2)o1. The van der Waals surface area contributed by atoms with Gasteiger partial charge in [0.15, 0.2) is 0 Å². The molecule has 1 amide bonds. The van der Waals surface area contributed by atoms with Crippen molar-refractivity contribution in [2.24, 2.45) is 0 Å². The van der Waals surface area contributed by atoms with Crippen LogP contribution in [0.2, 0.25) is 0 Å². The van der Waals surface area contributed by atoms with E-state index in [1.165, 1.54) is 0 Å². The van der Waals surface area contributed by atoms with Crippen molar-refractivity contribution in [1.82, 2.24) is 15.1 Å². The predicted octanol–water partition coefficient (Wildman–Crippen LogP) is 3.08. The van der Waals surface area contributed by atoms with E-state index in [2.05, 4.69) is 16.3 Å². The minimum Gasteiger partial charge on any atom is -0.425 e. The van der Waals surface area contributed by atoms with Crippen LogP contribution < -0.4 is 0 Å². The third-order valence-corrected chi connectivity index (χ3v) is 4.34. The lowest BCUT2D eigenvalue weighted by Gasteiger charge is -2.30. The Morgan fingerprint density at radius 3 is 2.46 bits per heavy atom. The standard InChI is InChI=1S/C18H20N4O2/c1-12(2)16-20-21-17(24-16)14-7-9-22(10-8-14)18(23)15-5-3-13(11-19)4-6-15/h3-6,12,14H,7-10H2,1-2H3. The number of nitriles is 1. The molecule has 3 rings (SSSR count). The first kappa shape index (κ1) is 16.2. The largest absolute Gasteiger partial charge is 0.425 e. The predicted molar refractivity (Wildman–Crippen MR) is 87.4 cm³/mol. The van der Waals surface area contributed by atoms with Gasteiger partial charge in [-0.15, -0.1) is 10.2 Å². The second-order valence-electron chi connectivity index (χ2n) is 6.39.